The summed E-state index contributed by atoms with van der Waals surface area (Å²) in [6, 6.07) is 14.2. The smallest absolute Gasteiger partial charge is 0.269 e. The summed E-state index contributed by atoms with van der Waals surface area (Å²) < 4.78 is 29.2. The lowest BCUT2D eigenvalue weighted by Crippen LogP contribution is -2.00. The van der Waals surface area contributed by atoms with E-state index in [4.69, 9.17) is 4.55 Å². The first-order valence-electron chi connectivity index (χ1n) is 4.92. The van der Waals surface area contributed by atoms with Gasteiger partial charge < -0.3 is 0 Å². The Morgan fingerprint density at radius 1 is 0.941 bits per heavy atom. The predicted molar refractivity (Wildman–Crippen MR) is 65.9 cm³/mol. The van der Waals surface area contributed by atoms with Crippen LogP contribution in [0.4, 0.5) is 0 Å². The lowest BCUT2D eigenvalue weighted by molar-refractivity contribution is 0.482. The van der Waals surface area contributed by atoms with Gasteiger partial charge in [-0.1, -0.05) is 36.4 Å². The van der Waals surface area contributed by atoms with Crippen molar-refractivity contribution < 1.29 is 13.0 Å². The van der Waals surface area contributed by atoms with E-state index in [2.05, 4.69) is 4.98 Å². The highest BCUT2D eigenvalue weighted by atomic mass is 32.2. The lowest BCUT2D eigenvalue weighted by atomic mass is 10.2. The predicted octanol–water partition coefficient (Wildman–Crippen LogP) is 2.16. The minimum Gasteiger partial charge on any atom is -0.285 e. The molecule has 0 atom stereocenters. The van der Waals surface area contributed by atoms with Gasteiger partial charge in [0, 0.05) is 12.4 Å². The van der Waals surface area contributed by atoms with Crippen molar-refractivity contribution in [2.24, 2.45) is 0 Å². The number of hydrogen-bond acceptors (Lipinski definition) is 3. The van der Waals surface area contributed by atoms with Crippen LogP contribution < -0.4 is 0 Å². The topological polar surface area (TPSA) is 67.3 Å². The zero-order valence-electron chi connectivity index (χ0n) is 9.10. The van der Waals surface area contributed by atoms with Crippen LogP contribution in [0, 0.1) is 0 Å². The molecular weight excluding hydrogens is 238 g/mol. The standard InChI is InChI=1S/C7H8O3S.C5H5N/c8-11(9,10)6-7-4-2-1-3-5-7;1-2-4-6-5-3-1/h1-5H,6H2,(H,8,9,10);1-5H. The third-order valence-corrected chi connectivity index (χ3v) is 2.46. The van der Waals surface area contributed by atoms with E-state index in [0.717, 1.165) is 0 Å². The van der Waals surface area contributed by atoms with Crippen molar-refractivity contribution >= 4 is 10.1 Å². The molecule has 0 bridgehead atoms. The van der Waals surface area contributed by atoms with Gasteiger partial charge in [0.1, 0.15) is 5.75 Å². The maximum atomic E-state index is 10.4. The average Bonchev–Trinajstić information content (AvgIpc) is 2.31. The average molecular weight is 251 g/mol. The molecule has 1 N–H and O–H groups in total. The van der Waals surface area contributed by atoms with Crippen LogP contribution >= 0.6 is 0 Å². The summed E-state index contributed by atoms with van der Waals surface area (Å²) in [7, 11) is -3.88. The van der Waals surface area contributed by atoms with Crippen LogP contribution in [-0.4, -0.2) is 18.0 Å². The molecule has 0 unspecified atom stereocenters. The van der Waals surface area contributed by atoms with E-state index in [9.17, 15) is 8.42 Å². The Hall–Kier alpha value is -1.72. The fourth-order valence-electron chi connectivity index (χ4n) is 1.10. The molecule has 2 rings (SSSR count). The fraction of sp³-hybridized carbons (Fsp3) is 0.0833. The van der Waals surface area contributed by atoms with Gasteiger partial charge in [-0.25, -0.2) is 0 Å². The summed E-state index contributed by atoms with van der Waals surface area (Å²) in [5, 5.41) is 0. The second kappa shape index (κ2) is 6.78. The summed E-state index contributed by atoms with van der Waals surface area (Å²) >= 11 is 0. The molecule has 1 aromatic heterocycles. The molecule has 5 heteroatoms. The molecule has 0 radical (unpaired) electrons. The highest BCUT2D eigenvalue weighted by molar-refractivity contribution is 7.85. The number of nitrogens with zero attached hydrogens (tertiary/aromatic N) is 1. The van der Waals surface area contributed by atoms with E-state index in [1.54, 1.807) is 42.7 Å². The van der Waals surface area contributed by atoms with Crippen molar-refractivity contribution in [1.82, 2.24) is 4.98 Å². The Labute approximate surface area is 101 Å². The Balaban J connectivity index is 0.000000202. The van der Waals surface area contributed by atoms with Gasteiger partial charge in [-0.3, -0.25) is 9.54 Å². The minimum absolute atomic E-state index is 0.312. The summed E-state index contributed by atoms with van der Waals surface area (Å²) in [4.78, 5) is 3.78. The van der Waals surface area contributed by atoms with Crippen molar-refractivity contribution in [2.45, 2.75) is 5.75 Å². The Kier molecular flexibility index (Phi) is 5.32. The monoisotopic (exact) mass is 251 g/mol. The summed E-state index contributed by atoms with van der Waals surface area (Å²) in [5.41, 5.74) is 0.593. The molecule has 0 amide bonds. The highest BCUT2D eigenvalue weighted by Gasteiger charge is 2.04. The maximum Gasteiger partial charge on any atom is 0.269 e. The Morgan fingerprint density at radius 3 is 1.82 bits per heavy atom. The zero-order valence-corrected chi connectivity index (χ0v) is 9.92. The highest BCUT2D eigenvalue weighted by Crippen LogP contribution is 2.02. The van der Waals surface area contributed by atoms with Gasteiger partial charge >= 0.3 is 0 Å². The van der Waals surface area contributed by atoms with Crippen LogP contribution in [-0.2, 0) is 15.9 Å². The van der Waals surface area contributed by atoms with Gasteiger partial charge in [-0.15, -0.1) is 0 Å². The van der Waals surface area contributed by atoms with Gasteiger partial charge in [0.05, 0.1) is 0 Å². The SMILES string of the molecule is O=S(=O)(O)Cc1ccccc1.c1ccncc1. The summed E-state index contributed by atoms with van der Waals surface area (Å²) in [6.07, 6.45) is 3.50. The Morgan fingerprint density at radius 2 is 1.47 bits per heavy atom. The number of hydrogen-bond donors (Lipinski definition) is 1. The van der Waals surface area contributed by atoms with Crippen LogP contribution in [0.3, 0.4) is 0 Å². The van der Waals surface area contributed by atoms with Crippen molar-refractivity contribution in [1.29, 1.82) is 0 Å². The molecule has 90 valence electrons. The van der Waals surface area contributed by atoms with Crippen LogP contribution in [0.15, 0.2) is 60.9 Å². The minimum atomic E-state index is -3.88. The molecule has 0 aliphatic heterocycles. The Bertz CT molecular complexity index is 485. The normalized spacial score (nSPS) is 10.2. The van der Waals surface area contributed by atoms with Crippen LogP contribution in [0.1, 0.15) is 5.56 Å². The van der Waals surface area contributed by atoms with Gasteiger partial charge in [-0.05, 0) is 17.7 Å². The van der Waals surface area contributed by atoms with Gasteiger partial charge in [-0.2, -0.15) is 8.42 Å². The van der Waals surface area contributed by atoms with E-state index in [1.165, 1.54) is 0 Å². The third-order valence-electron chi connectivity index (χ3n) is 1.76. The molecule has 17 heavy (non-hydrogen) atoms. The van der Waals surface area contributed by atoms with E-state index in [1.807, 2.05) is 18.2 Å². The van der Waals surface area contributed by atoms with Crippen molar-refractivity contribution in [3.63, 3.8) is 0 Å². The largest absolute Gasteiger partial charge is 0.285 e. The fourth-order valence-corrected chi connectivity index (χ4v) is 1.71. The number of pyridine rings is 1. The van der Waals surface area contributed by atoms with Crippen LogP contribution in [0.5, 0.6) is 0 Å². The molecule has 0 saturated heterocycles. The first-order chi connectivity index (χ1) is 8.08. The molecule has 0 aliphatic carbocycles. The van der Waals surface area contributed by atoms with Gasteiger partial charge in [0.15, 0.2) is 0 Å². The molecule has 0 spiro atoms. The zero-order chi connectivity index (χ0) is 12.6. The summed E-state index contributed by atoms with van der Waals surface area (Å²) in [5.74, 6) is -0.312. The second-order valence-corrected chi connectivity index (χ2v) is 4.69. The van der Waals surface area contributed by atoms with E-state index >= 15 is 0 Å². The van der Waals surface area contributed by atoms with E-state index in [0.29, 0.717) is 5.56 Å². The van der Waals surface area contributed by atoms with Gasteiger partial charge in [0.2, 0.25) is 0 Å². The lowest BCUT2D eigenvalue weighted by Gasteiger charge is -1.95. The first-order valence-corrected chi connectivity index (χ1v) is 6.53. The molecular formula is C12H13NO3S. The van der Waals surface area contributed by atoms with Gasteiger partial charge in [0.25, 0.3) is 10.1 Å². The number of benzene rings is 1. The molecule has 4 nitrogen and oxygen atoms in total. The van der Waals surface area contributed by atoms with Crippen LogP contribution in [0.25, 0.3) is 0 Å². The molecule has 1 aromatic carbocycles. The number of aromatic nitrogens is 1. The van der Waals surface area contributed by atoms with Crippen molar-refractivity contribution in [2.75, 3.05) is 0 Å². The van der Waals surface area contributed by atoms with Crippen molar-refractivity contribution in [3.05, 3.63) is 66.5 Å². The third kappa shape index (κ3) is 7.21. The molecule has 1 heterocycles. The molecule has 0 saturated carbocycles. The quantitative estimate of drug-likeness (QED) is 0.830. The summed E-state index contributed by atoms with van der Waals surface area (Å²) in [6.45, 7) is 0. The second-order valence-electron chi connectivity index (χ2n) is 3.24. The van der Waals surface area contributed by atoms with Crippen LogP contribution in [0.2, 0.25) is 0 Å². The molecule has 2 aromatic rings. The maximum absolute atomic E-state index is 10.4. The van der Waals surface area contributed by atoms with Crippen molar-refractivity contribution in [3.8, 4) is 0 Å². The number of rotatable bonds is 2. The molecule has 0 aliphatic rings. The van der Waals surface area contributed by atoms with E-state index < -0.39 is 10.1 Å². The van der Waals surface area contributed by atoms with E-state index in [-0.39, 0.29) is 5.75 Å². The molecule has 0 fully saturated rings. The first kappa shape index (κ1) is 13.3.